The van der Waals surface area contributed by atoms with E-state index in [1.165, 1.54) is 22.3 Å². The molecule has 0 radical (unpaired) electrons. The van der Waals surface area contributed by atoms with Gasteiger partial charge in [-0.3, -0.25) is 0 Å². The van der Waals surface area contributed by atoms with Gasteiger partial charge in [-0.15, -0.1) is 0 Å². The lowest BCUT2D eigenvalue weighted by atomic mass is 9.85. The van der Waals surface area contributed by atoms with Crippen LogP contribution in [0.5, 0.6) is 5.75 Å². The zero-order valence-electron chi connectivity index (χ0n) is 16.7. The Balaban J connectivity index is 2.45. The maximum atomic E-state index is 6.59. The summed E-state index contributed by atoms with van der Waals surface area (Å²) in [5, 5.41) is 1.58. The van der Waals surface area contributed by atoms with E-state index < -0.39 is 0 Å². The summed E-state index contributed by atoms with van der Waals surface area (Å²) >= 11 is 19.3. The summed E-state index contributed by atoms with van der Waals surface area (Å²) < 4.78 is 6.01. The second kappa shape index (κ2) is 8.37. The molecule has 3 rings (SSSR count). The van der Waals surface area contributed by atoms with Crippen molar-refractivity contribution >= 4 is 34.8 Å². The molecular formula is C24H23Cl3O. The molecule has 0 saturated carbocycles. The Morgan fingerprint density at radius 3 is 1.82 bits per heavy atom. The topological polar surface area (TPSA) is 9.23 Å². The molecule has 0 aliphatic rings. The molecule has 0 bridgehead atoms. The van der Waals surface area contributed by atoms with Crippen molar-refractivity contribution in [2.45, 2.75) is 34.6 Å². The first-order chi connectivity index (χ1) is 13.3. The molecule has 0 aliphatic carbocycles. The molecule has 0 aliphatic heterocycles. The third-order valence-electron chi connectivity index (χ3n) is 5.26. The van der Waals surface area contributed by atoms with Gasteiger partial charge in [-0.25, -0.2) is 0 Å². The minimum atomic E-state index is 0.519. The monoisotopic (exact) mass is 432 g/mol. The summed E-state index contributed by atoms with van der Waals surface area (Å²) in [5.74, 6) is 0.863. The van der Waals surface area contributed by atoms with Gasteiger partial charge in [0.05, 0.1) is 16.7 Å². The van der Waals surface area contributed by atoms with Crippen molar-refractivity contribution in [2.75, 3.05) is 6.61 Å². The van der Waals surface area contributed by atoms with Crippen molar-refractivity contribution in [1.29, 1.82) is 0 Å². The Labute approximate surface area is 182 Å². The number of rotatable bonds is 4. The predicted molar refractivity (Wildman–Crippen MR) is 122 cm³/mol. The first kappa shape index (κ1) is 21.0. The van der Waals surface area contributed by atoms with Crippen LogP contribution in [0.2, 0.25) is 15.1 Å². The molecule has 0 unspecified atom stereocenters. The molecule has 0 heterocycles. The summed E-state index contributed by atoms with van der Waals surface area (Å²) in [4.78, 5) is 0. The first-order valence-corrected chi connectivity index (χ1v) is 10.4. The largest absolute Gasteiger partial charge is 0.493 e. The van der Waals surface area contributed by atoms with Crippen molar-refractivity contribution in [3.05, 3.63) is 73.7 Å². The molecule has 0 spiro atoms. The Morgan fingerprint density at radius 2 is 1.25 bits per heavy atom. The molecule has 146 valence electrons. The standard InChI is InChI=1S/C24H23Cl3O/c1-6-28-21-10-8-14(3)16(5)23(21)22-15(4)13(2)7-9-18(22)24-19(26)11-17(25)12-20(24)27/h7-12H,6H2,1-5H3. The highest BCUT2D eigenvalue weighted by Crippen LogP contribution is 2.47. The lowest BCUT2D eigenvalue weighted by Gasteiger charge is -2.22. The highest BCUT2D eigenvalue weighted by molar-refractivity contribution is 6.42. The summed E-state index contributed by atoms with van der Waals surface area (Å²) in [5.41, 5.74) is 8.70. The van der Waals surface area contributed by atoms with Crippen molar-refractivity contribution < 1.29 is 4.74 Å². The van der Waals surface area contributed by atoms with Crippen LogP contribution in [0.25, 0.3) is 22.3 Å². The smallest absolute Gasteiger partial charge is 0.127 e. The van der Waals surface area contributed by atoms with Crippen LogP contribution >= 0.6 is 34.8 Å². The number of hydrogen-bond donors (Lipinski definition) is 0. The van der Waals surface area contributed by atoms with Gasteiger partial charge in [0.1, 0.15) is 5.75 Å². The highest BCUT2D eigenvalue weighted by atomic mass is 35.5. The van der Waals surface area contributed by atoms with E-state index in [0.29, 0.717) is 21.7 Å². The van der Waals surface area contributed by atoms with Crippen LogP contribution in [0.1, 0.15) is 29.2 Å². The quantitative estimate of drug-likeness (QED) is 0.400. The van der Waals surface area contributed by atoms with Crippen LogP contribution in [-0.2, 0) is 0 Å². The van der Waals surface area contributed by atoms with Gasteiger partial charge >= 0.3 is 0 Å². The SMILES string of the molecule is CCOc1ccc(C)c(C)c1-c1c(-c2c(Cl)cc(Cl)cc2Cl)ccc(C)c1C. The van der Waals surface area contributed by atoms with Crippen molar-refractivity contribution in [1.82, 2.24) is 0 Å². The van der Waals surface area contributed by atoms with Gasteiger partial charge in [0.2, 0.25) is 0 Å². The van der Waals surface area contributed by atoms with Gasteiger partial charge < -0.3 is 4.74 Å². The van der Waals surface area contributed by atoms with E-state index in [-0.39, 0.29) is 0 Å². The molecular weight excluding hydrogens is 411 g/mol. The van der Waals surface area contributed by atoms with E-state index in [4.69, 9.17) is 39.5 Å². The van der Waals surface area contributed by atoms with E-state index in [0.717, 1.165) is 28.0 Å². The predicted octanol–water partition coefficient (Wildman–Crippen LogP) is 8.61. The normalized spacial score (nSPS) is 11.0. The van der Waals surface area contributed by atoms with Crippen LogP contribution in [0, 0.1) is 27.7 Å². The van der Waals surface area contributed by atoms with E-state index in [1.54, 1.807) is 12.1 Å². The maximum Gasteiger partial charge on any atom is 0.127 e. The number of halogens is 3. The summed E-state index contributed by atoms with van der Waals surface area (Å²) in [6.07, 6.45) is 0. The third kappa shape index (κ3) is 3.76. The van der Waals surface area contributed by atoms with Gasteiger partial charge in [-0.05, 0) is 86.2 Å². The van der Waals surface area contributed by atoms with Crippen LogP contribution in [0.3, 0.4) is 0 Å². The lowest BCUT2D eigenvalue weighted by molar-refractivity contribution is 0.341. The van der Waals surface area contributed by atoms with Gasteiger partial charge in [0.15, 0.2) is 0 Å². The molecule has 3 aromatic carbocycles. The van der Waals surface area contributed by atoms with Gasteiger partial charge in [-0.2, -0.15) is 0 Å². The van der Waals surface area contributed by atoms with Gasteiger partial charge in [-0.1, -0.05) is 53.0 Å². The van der Waals surface area contributed by atoms with E-state index in [2.05, 4.69) is 45.9 Å². The Hall–Kier alpha value is -1.67. The van der Waals surface area contributed by atoms with Gasteiger partial charge in [0.25, 0.3) is 0 Å². The Kier molecular flexibility index (Phi) is 6.29. The lowest BCUT2D eigenvalue weighted by Crippen LogP contribution is -2.01. The molecule has 0 saturated heterocycles. The zero-order valence-corrected chi connectivity index (χ0v) is 19.0. The minimum absolute atomic E-state index is 0.519. The first-order valence-electron chi connectivity index (χ1n) is 9.24. The van der Waals surface area contributed by atoms with Crippen molar-refractivity contribution in [2.24, 2.45) is 0 Å². The Morgan fingerprint density at radius 1 is 0.714 bits per heavy atom. The van der Waals surface area contributed by atoms with E-state index in [9.17, 15) is 0 Å². The molecule has 0 aromatic heterocycles. The number of benzene rings is 3. The fourth-order valence-corrected chi connectivity index (χ4v) is 4.54. The molecule has 3 aromatic rings. The summed E-state index contributed by atoms with van der Waals surface area (Å²) in [6, 6.07) is 11.8. The fraction of sp³-hybridized carbons (Fsp3) is 0.250. The summed E-state index contributed by atoms with van der Waals surface area (Å²) in [7, 11) is 0. The maximum absolute atomic E-state index is 6.59. The molecule has 0 atom stereocenters. The van der Waals surface area contributed by atoms with Crippen LogP contribution < -0.4 is 4.74 Å². The number of ether oxygens (including phenoxy) is 1. The highest BCUT2D eigenvalue weighted by Gasteiger charge is 2.22. The van der Waals surface area contributed by atoms with Crippen LogP contribution in [-0.4, -0.2) is 6.61 Å². The van der Waals surface area contributed by atoms with Crippen molar-refractivity contribution in [3.8, 4) is 28.0 Å². The van der Waals surface area contributed by atoms with Gasteiger partial charge in [0, 0.05) is 16.1 Å². The minimum Gasteiger partial charge on any atom is -0.493 e. The molecule has 0 amide bonds. The Bertz CT molecular complexity index is 1030. The second-order valence-electron chi connectivity index (χ2n) is 6.99. The average Bonchev–Trinajstić information content (AvgIpc) is 2.62. The molecule has 0 fully saturated rings. The second-order valence-corrected chi connectivity index (χ2v) is 8.24. The third-order valence-corrected chi connectivity index (χ3v) is 6.07. The number of aryl methyl sites for hydroxylation is 2. The average molecular weight is 434 g/mol. The molecule has 28 heavy (non-hydrogen) atoms. The molecule has 4 heteroatoms. The summed E-state index contributed by atoms with van der Waals surface area (Å²) in [6.45, 7) is 11.1. The van der Waals surface area contributed by atoms with E-state index in [1.807, 2.05) is 13.0 Å². The zero-order chi connectivity index (χ0) is 20.6. The fourth-order valence-electron chi connectivity index (χ4n) is 3.52. The molecule has 0 N–H and O–H groups in total. The van der Waals surface area contributed by atoms with Crippen LogP contribution in [0.4, 0.5) is 0 Å². The molecule has 1 nitrogen and oxygen atoms in total. The number of hydrogen-bond acceptors (Lipinski definition) is 1. The van der Waals surface area contributed by atoms with Crippen LogP contribution in [0.15, 0.2) is 36.4 Å². The van der Waals surface area contributed by atoms with E-state index >= 15 is 0 Å². The van der Waals surface area contributed by atoms with Crippen molar-refractivity contribution in [3.63, 3.8) is 0 Å².